The molecule has 0 fully saturated rings. The first kappa shape index (κ1) is 8.89. The maximum Gasteiger partial charge on any atom is 0.168 e. The van der Waals surface area contributed by atoms with Crippen LogP contribution in [0.5, 0.6) is 0 Å². The molecule has 2 N–H and O–H groups in total. The van der Waals surface area contributed by atoms with Gasteiger partial charge in [0.1, 0.15) is 18.1 Å². The van der Waals surface area contributed by atoms with Crippen LogP contribution in [0.4, 0.5) is 0 Å². The lowest BCUT2D eigenvalue weighted by Gasteiger charge is -1.96. The van der Waals surface area contributed by atoms with Crippen LogP contribution in [0.1, 0.15) is 22.0 Å². The zero-order valence-corrected chi connectivity index (χ0v) is 6.69. The van der Waals surface area contributed by atoms with Crippen molar-refractivity contribution < 1.29 is 15.0 Å². The number of aliphatic hydroxyl groups is 2. The van der Waals surface area contributed by atoms with Gasteiger partial charge < -0.3 is 14.8 Å². The lowest BCUT2D eigenvalue weighted by molar-refractivity contribution is 0.111. The zero-order chi connectivity index (χ0) is 9.14. The highest BCUT2D eigenvalue weighted by Crippen LogP contribution is 2.07. The Bertz CT molecular complexity index is 293. The minimum absolute atomic E-state index is 0.239. The Morgan fingerprint density at radius 1 is 1.50 bits per heavy atom. The summed E-state index contributed by atoms with van der Waals surface area (Å²) < 4.78 is 1.46. The zero-order valence-electron chi connectivity index (χ0n) is 6.69. The van der Waals surface area contributed by atoms with Gasteiger partial charge in [0.15, 0.2) is 6.29 Å². The van der Waals surface area contributed by atoms with Gasteiger partial charge in [-0.2, -0.15) is 0 Å². The smallest absolute Gasteiger partial charge is 0.168 e. The topological polar surface area (TPSA) is 75.3 Å². The Morgan fingerprint density at radius 3 is 2.50 bits per heavy atom. The summed E-state index contributed by atoms with van der Waals surface area (Å²) in [6.45, 7) is -0.529. The van der Waals surface area contributed by atoms with Gasteiger partial charge in [-0.05, 0) is 0 Å². The van der Waals surface area contributed by atoms with Crippen molar-refractivity contribution in [2.24, 2.45) is 7.05 Å². The van der Waals surface area contributed by atoms with Crippen molar-refractivity contribution in [3.8, 4) is 0 Å². The number of hydrogen-bond donors (Lipinski definition) is 2. The number of hydrogen-bond acceptors (Lipinski definition) is 4. The van der Waals surface area contributed by atoms with Crippen molar-refractivity contribution in [3.63, 3.8) is 0 Å². The molecule has 0 saturated heterocycles. The second kappa shape index (κ2) is 3.46. The van der Waals surface area contributed by atoms with E-state index in [1.54, 1.807) is 7.05 Å². The summed E-state index contributed by atoms with van der Waals surface area (Å²) in [4.78, 5) is 14.3. The third-order valence-corrected chi connectivity index (χ3v) is 1.71. The number of carbonyl (C=O) groups is 1. The van der Waals surface area contributed by atoms with Crippen molar-refractivity contribution >= 4 is 6.29 Å². The Kier molecular flexibility index (Phi) is 2.57. The minimum atomic E-state index is -0.290. The highest BCUT2D eigenvalue weighted by Gasteiger charge is 2.11. The molecule has 0 atom stereocenters. The van der Waals surface area contributed by atoms with E-state index in [0.717, 1.165) is 0 Å². The molecule has 12 heavy (non-hydrogen) atoms. The number of carbonyl (C=O) groups excluding carboxylic acids is 1. The molecule has 0 bridgehead atoms. The first-order valence-corrected chi connectivity index (χ1v) is 3.46. The fourth-order valence-electron chi connectivity index (χ4n) is 1.03. The van der Waals surface area contributed by atoms with Gasteiger partial charge in [-0.15, -0.1) is 0 Å². The number of rotatable bonds is 3. The largest absolute Gasteiger partial charge is 0.390 e. The van der Waals surface area contributed by atoms with Crippen LogP contribution in [0.25, 0.3) is 0 Å². The van der Waals surface area contributed by atoms with Crippen LogP contribution in [0.2, 0.25) is 0 Å². The third kappa shape index (κ3) is 1.24. The molecule has 0 unspecified atom stereocenters. The van der Waals surface area contributed by atoms with E-state index in [1.165, 1.54) is 4.57 Å². The maximum absolute atomic E-state index is 10.5. The summed E-state index contributed by atoms with van der Waals surface area (Å²) in [6.07, 6.45) is 0.609. The predicted octanol–water partition coefficient (Wildman–Crippen LogP) is -0.783. The highest BCUT2D eigenvalue weighted by atomic mass is 16.3. The molecule has 1 aromatic heterocycles. The second-order valence-corrected chi connectivity index (χ2v) is 2.35. The molecule has 0 aliphatic heterocycles. The monoisotopic (exact) mass is 170 g/mol. The summed E-state index contributed by atoms with van der Waals surface area (Å²) >= 11 is 0. The Labute approximate surface area is 69.3 Å². The molecule has 0 radical (unpaired) electrons. The molecular formula is C7H10N2O3. The van der Waals surface area contributed by atoms with Crippen LogP contribution >= 0.6 is 0 Å². The van der Waals surface area contributed by atoms with Gasteiger partial charge in [-0.25, -0.2) is 4.98 Å². The standard InChI is InChI=1S/C7H10N2O3/c1-9-6(3-11)5(2-10)8-7(9)4-12/h3,10,12H,2,4H2,1H3. The van der Waals surface area contributed by atoms with Gasteiger partial charge >= 0.3 is 0 Å². The first-order valence-electron chi connectivity index (χ1n) is 3.46. The average molecular weight is 170 g/mol. The minimum Gasteiger partial charge on any atom is -0.390 e. The van der Waals surface area contributed by atoms with E-state index in [1.807, 2.05) is 0 Å². The van der Waals surface area contributed by atoms with Crippen molar-refractivity contribution in [1.82, 2.24) is 9.55 Å². The van der Waals surface area contributed by atoms with E-state index < -0.39 is 0 Å². The van der Waals surface area contributed by atoms with Crippen LogP contribution in [0, 0.1) is 0 Å². The summed E-state index contributed by atoms with van der Waals surface area (Å²) in [5.41, 5.74) is 0.609. The van der Waals surface area contributed by atoms with Gasteiger partial charge in [0, 0.05) is 7.05 Å². The second-order valence-electron chi connectivity index (χ2n) is 2.35. The molecule has 5 nitrogen and oxygen atoms in total. The molecule has 1 aromatic rings. The fourth-order valence-corrected chi connectivity index (χ4v) is 1.03. The van der Waals surface area contributed by atoms with Crippen LogP contribution in [-0.4, -0.2) is 26.1 Å². The van der Waals surface area contributed by atoms with Crippen LogP contribution in [0.3, 0.4) is 0 Å². The summed E-state index contributed by atoms with van der Waals surface area (Å²) in [6, 6.07) is 0. The van der Waals surface area contributed by atoms with Crippen molar-refractivity contribution in [2.45, 2.75) is 13.2 Å². The molecule has 0 saturated carbocycles. The van der Waals surface area contributed by atoms with E-state index >= 15 is 0 Å². The molecule has 0 amide bonds. The van der Waals surface area contributed by atoms with Crippen LogP contribution < -0.4 is 0 Å². The summed E-state index contributed by atoms with van der Waals surface area (Å²) in [5, 5.41) is 17.5. The Hall–Kier alpha value is -1.20. The molecule has 0 aliphatic rings. The van der Waals surface area contributed by atoms with E-state index in [4.69, 9.17) is 10.2 Å². The van der Waals surface area contributed by atoms with E-state index in [0.29, 0.717) is 23.5 Å². The average Bonchev–Trinajstić information content (AvgIpc) is 2.41. The molecule has 0 aromatic carbocycles. The number of aliphatic hydroxyl groups excluding tert-OH is 2. The van der Waals surface area contributed by atoms with Crippen molar-refractivity contribution in [3.05, 3.63) is 17.2 Å². The molecular weight excluding hydrogens is 160 g/mol. The molecule has 66 valence electrons. The third-order valence-electron chi connectivity index (χ3n) is 1.71. The molecule has 1 heterocycles. The number of aromatic nitrogens is 2. The van der Waals surface area contributed by atoms with Gasteiger partial charge in [0.05, 0.1) is 12.3 Å². The van der Waals surface area contributed by atoms with E-state index in [-0.39, 0.29) is 13.2 Å². The van der Waals surface area contributed by atoms with Crippen molar-refractivity contribution in [2.75, 3.05) is 0 Å². The maximum atomic E-state index is 10.5. The molecule has 1 rings (SSSR count). The molecule has 5 heteroatoms. The lowest BCUT2D eigenvalue weighted by atomic mass is 10.3. The predicted molar refractivity (Wildman–Crippen MR) is 40.4 cm³/mol. The fraction of sp³-hybridized carbons (Fsp3) is 0.429. The normalized spacial score (nSPS) is 10.2. The van der Waals surface area contributed by atoms with Gasteiger partial charge in [0.2, 0.25) is 0 Å². The van der Waals surface area contributed by atoms with Gasteiger partial charge in [0.25, 0.3) is 0 Å². The summed E-state index contributed by atoms with van der Waals surface area (Å²) in [7, 11) is 1.61. The molecule has 0 aliphatic carbocycles. The Balaban J connectivity index is 3.22. The quantitative estimate of drug-likeness (QED) is 0.583. The number of imidazole rings is 1. The van der Waals surface area contributed by atoms with Crippen LogP contribution in [-0.2, 0) is 20.3 Å². The lowest BCUT2D eigenvalue weighted by Crippen LogP contribution is -2.01. The van der Waals surface area contributed by atoms with Crippen LogP contribution in [0.15, 0.2) is 0 Å². The SMILES string of the molecule is Cn1c(CO)nc(CO)c1C=O. The summed E-state index contributed by atoms with van der Waals surface area (Å²) in [5.74, 6) is 0.376. The first-order chi connectivity index (χ1) is 5.74. The number of nitrogens with zero attached hydrogens (tertiary/aromatic N) is 2. The number of aldehydes is 1. The Morgan fingerprint density at radius 2 is 2.17 bits per heavy atom. The van der Waals surface area contributed by atoms with Gasteiger partial charge in [-0.1, -0.05) is 0 Å². The highest BCUT2D eigenvalue weighted by molar-refractivity contribution is 5.74. The van der Waals surface area contributed by atoms with Crippen molar-refractivity contribution in [1.29, 1.82) is 0 Å². The molecule has 0 spiro atoms. The van der Waals surface area contributed by atoms with E-state index in [9.17, 15) is 4.79 Å². The van der Waals surface area contributed by atoms with E-state index in [2.05, 4.69) is 4.98 Å². The van der Waals surface area contributed by atoms with Gasteiger partial charge in [-0.3, -0.25) is 4.79 Å².